The first kappa shape index (κ1) is 22.1. The molecule has 3 N–H and O–H groups in total. The van der Waals surface area contributed by atoms with E-state index in [9.17, 15) is 22.8 Å². The van der Waals surface area contributed by atoms with Gasteiger partial charge in [0.25, 0.3) is 0 Å². The summed E-state index contributed by atoms with van der Waals surface area (Å²) in [5, 5.41) is 10.5. The molecule has 162 valence electrons. The number of thiazole rings is 1. The summed E-state index contributed by atoms with van der Waals surface area (Å²) in [6.45, 7) is 1.41. The number of aromatic nitrogens is 1. The summed E-state index contributed by atoms with van der Waals surface area (Å²) in [6, 6.07) is 11.9. The van der Waals surface area contributed by atoms with E-state index in [0.29, 0.717) is 27.9 Å². The Morgan fingerprint density at radius 2 is 1.55 bits per heavy atom. The molecule has 0 saturated heterocycles. The SMILES string of the molecule is CC(=O)Nc1ccc(NC(=O)Cc2csc(Nc3ccc(OC(F)(F)F)cc3)n2)cc1. The molecule has 0 radical (unpaired) electrons. The molecule has 31 heavy (non-hydrogen) atoms. The zero-order valence-corrected chi connectivity index (χ0v) is 16.9. The van der Waals surface area contributed by atoms with E-state index in [1.54, 1.807) is 29.6 Å². The Bertz CT molecular complexity index is 1050. The minimum Gasteiger partial charge on any atom is -0.406 e. The first-order chi connectivity index (χ1) is 14.7. The number of anilines is 4. The third kappa shape index (κ3) is 7.30. The van der Waals surface area contributed by atoms with Gasteiger partial charge in [-0.15, -0.1) is 24.5 Å². The zero-order valence-electron chi connectivity index (χ0n) is 16.1. The van der Waals surface area contributed by atoms with E-state index >= 15 is 0 Å². The number of carbonyl (C=O) groups excluding carboxylic acids is 2. The van der Waals surface area contributed by atoms with Crippen LogP contribution >= 0.6 is 11.3 Å². The summed E-state index contributed by atoms with van der Waals surface area (Å²) >= 11 is 1.26. The number of benzene rings is 2. The van der Waals surface area contributed by atoms with E-state index in [1.807, 2.05) is 0 Å². The molecule has 0 aliphatic rings. The molecule has 0 bridgehead atoms. The molecule has 0 fully saturated rings. The average Bonchev–Trinajstić information content (AvgIpc) is 3.10. The summed E-state index contributed by atoms with van der Waals surface area (Å²) in [4.78, 5) is 27.5. The van der Waals surface area contributed by atoms with Gasteiger partial charge in [0, 0.05) is 29.4 Å². The monoisotopic (exact) mass is 450 g/mol. The minimum atomic E-state index is -4.74. The molecule has 0 spiro atoms. The molecule has 0 unspecified atom stereocenters. The Morgan fingerprint density at radius 1 is 0.968 bits per heavy atom. The fourth-order valence-electron chi connectivity index (χ4n) is 2.52. The van der Waals surface area contributed by atoms with Crippen LogP contribution in [0.15, 0.2) is 53.9 Å². The highest BCUT2D eigenvalue weighted by molar-refractivity contribution is 7.13. The number of halogens is 3. The second-order valence-electron chi connectivity index (χ2n) is 6.32. The van der Waals surface area contributed by atoms with Crippen LogP contribution < -0.4 is 20.7 Å². The molecular weight excluding hydrogens is 433 g/mol. The number of alkyl halides is 3. The van der Waals surface area contributed by atoms with Crippen LogP contribution in [-0.4, -0.2) is 23.2 Å². The fraction of sp³-hybridized carbons (Fsp3) is 0.150. The number of carbonyl (C=O) groups is 2. The lowest BCUT2D eigenvalue weighted by atomic mass is 10.2. The van der Waals surface area contributed by atoms with Crippen molar-refractivity contribution in [1.82, 2.24) is 4.98 Å². The molecule has 0 aliphatic carbocycles. The highest BCUT2D eigenvalue weighted by Crippen LogP contribution is 2.26. The van der Waals surface area contributed by atoms with Gasteiger partial charge in [0.15, 0.2) is 5.13 Å². The Morgan fingerprint density at radius 3 is 2.13 bits per heavy atom. The largest absolute Gasteiger partial charge is 0.573 e. The molecule has 3 rings (SSSR count). The van der Waals surface area contributed by atoms with Gasteiger partial charge in [-0.3, -0.25) is 9.59 Å². The molecule has 0 aliphatic heterocycles. The maximum atomic E-state index is 12.2. The molecule has 2 aromatic carbocycles. The summed E-state index contributed by atoms with van der Waals surface area (Å²) in [7, 11) is 0. The topological polar surface area (TPSA) is 92.4 Å². The van der Waals surface area contributed by atoms with E-state index in [-0.39, 0.29) is 24.0 Å². The molecule has 0 saturated carbocycles. The van der Waals surface area contributed by atoms with Crippen molar-refractivity contribution in [2.45, 2.75) is 19.7 Å². The van der Waals surface area contributed by atoms with E-state index in [4.69, 9.17) is 0 Å². The lowest BCUT2D eigenvalue weighted by Gasteiger charge is -2.09. The van der Waals surface area contributed by atoms with E-state index in [1.165, 1.54) is 42.5 Å². The molecule has 7 nitrogen and oxygen atoms in total. The van der Waals surface area contributed by atoms with Crippen LogP contribution in [0.3, 0.4) is 0 Å². The number of nitrogens with zero attached hydrogens (tertiary/aromatic N) is 1. The first-order valence-corrected chi connectivity index (χ1v) is 9.79. The van der Waals surface area contributed by atoms with Crippen molar-refractivity contribution in [3.63, 3.8) is 0 Å². The van der Waals surface area contributed by atoms with Gasteiger partial charge in [0.2, 0.25) is 11.8 Å². The van der Waals surface area contributed by atoms with Crippen LogP contribution in [0.5, 0.6) is 5.75 Å². The Hall–Kier alpha value is -3.60. The number of amides is 2. The number of ether oxygens (including phenoxy) is 1. The van der Waals surface area contributed by atoms with E-state index in [2.05, 4.69) is 25.7 Å². The van der Waals surface area contributed by atoms with Crippen LogP contribution in [-0.2, 0) is 16.0 Å². The third-order valence-corrected chi connectivity index (χ3v) is 4.53. The minimum absolute atomic E-state index is 0.0456. The Labute approximate surface area is 179 Å². The summed E-state index contributed by atoms with van der Waals surface area (Å²) in [5.41, 5.74) is 2.27. The van der Waals surface area contributed by atoms with Crippen LogP contribution in [0.25, 0.3) is 0 Å². The van der Waals surface area contributed by atoms with Crippen LogP contribution in [0.1, 0.15) is 12.6 Å². The summed E-state index contributed by atoms with van der Waals surface area (Å²) in [6.07, 6.45) is -4.70. The molecule has 3 aromatic rings. The van der Waals surface area contributed by atoms with Crippen molar-refractivity contribution >= 4 is 45.3 Å². The maximum Gasteiger partial charge on any atom is 0.573 e. The van der Waals surface area contributed by atoms with Crippen molar-refractivity contribution in [1.29, 1.82) is 0 Å². The van der Waals surface area contributed by atoms with Crippen molar-refractivity contribution in [2.75, 3.05) is 16.0 Å². The lowest BCUT2D eigenvalue weighted by Crippen LogP contribution is -2.16. The molecule has 11 heteroatoms. The Balaban J connectivity index is 1.52. The summed E-state index contributed by atoms with van der Waals surface area (Å²) in [5.74, 6) is -0.771. The van der Waals surface area contributed by atoms with Crippen molar-refractivity contribution in [2.24, 2.45) is 0 Å². The van der Waals surface area contributed by atoms with Gasteiger partial charge in [-0.2, -0.15) is 0 Å². The Kier molecular flexibility index (Phi) is 6.75. The normalized spacial score (nSPS) is 11.0. The lowest BCUT2D eigenvalue weighted by molar-refractivity contribution is -0.274. The highest BCUT2D eigenvalue weighted by Gasteiger charge is 2.30. The maximum absolute atomic E-state index is 12.2. The zero-order chi connectivity index (χ0) is 22.4. The quantitative estimate of drug-likeness (QED) is 0.475. The van der Waals surface area contributed by atoms with Gasteiger partial charge in [0.1, 0.15) is 5.75 Å². The number of hydrogen-bond acceptors (Lipinski definition) is 6. The van der Waals surface area contributed by atoms with Gasteiger partial charge in [0.05, 0.1) is 12.1 Å². The van der Waals surface area contributed by atoms with Gasteiger partial charge in [-0.05, 0) is 48.5 Å². The van der Waals surface area contributed by atoms with E-state index < -0.39 is 6.36 Å². The van der Waals surface area contributed by atoms with Crippen molar-refractivity contribution < 1.29 is 27.5 Å². The van der Waals surface area contributed by atoms with Gasteiger partial charge >= 0.3 is 6.36 Å². The molecule has 1 aromatic heterocycles. The van der Waals surface area contributed by atoms with E-state index in [0.717, 1.165) is 0 Å². The highest BCUT2D eigenvalue weighted by atomic mass is 32.1. The number of nitrogens with one attached hydrogen (secondary N) is 3. The fourth-order valence-corrected chi connectivity index (χ4v) is 3.25. The molecular formula is C20H17F3N4O3S. The third-order valence-electron chi connectivity index (χ3n) is 3.72. The standard InChI is InChI=1S/C20H17F3N4O3S/c1-12(28)24-13-2-4-14(5-3-13)25-18(29)10-16-11-31-19(27-16)26-15-6-8-17(9-7-15)30-20(21,22)23/h2-9,11H,10H2,1H3,(H,24,28)(H,25,29)(H,26,27). The number of hydrogen-bond donors (Lipinski definition) is 3. The first-order valence-electron chi connectivity index (χ1n) is 8.91. The second-order valence-corrected chi connectivity index (χ2v) is 7.18. The van der Waals surface area contributed by atoms with Crippen LogP contribution in [0.2, 0.25) is 0 Å². The van der Waals surface area contributed by atoms with Crippen molar-refractivity contribution in [3.8, 4) is 5.75 Å². The summed E-state index contributed by atoms with van der Waals surface area (Å²) < 4.78 is 40.4. The predicted octanol–water partition coefficient (Wildman–Crippen LogP) is 4.92. The van der Waals surface area contributed by atoms with Gasteiger partial charge in [-0.1, -0.05) is 0 Å². The van der Waals surface area contributed by atoms with Gasteiger partial charge in [-0.25, -0.2) is 4.98 Å². The van der Waals surface area contributed by atoms with Crippen LogP contribution in [0, 0.1) is 0 Å². The molecule has 1 heterocycles. The molecule has 0 atom stereocenters. The number of rotatable bonds is 7. The van der Waals surface area contributed by atoms with Crippen molar-refractivity contribution in [3.05, 3.63) is 59.6 Å². The average molecular weight is 450 g/mol. The van der Waals surface area contributed by atoms with Gasteiger partial charge < -0.3 is 20.7 Å². The second kappa shape index (κ2) is 9.47. The smallest absolute Gasteiger partial charge is 0.406 e. The van der Waals surface area contributed by atoms with Crippen LogP contribution in [0.4, 0.5) is 35.4 Å². The predicted molar refractivity (Wildman–Crippen MR) is 112 cm³/mol. The molecule has 2 amide bonds.